The van der Waals surface area contributed by atoms with E-state index in [0.717, 1.165) is 28.3 Å². The van der Waals surface area contributed by atoms with E-state index in [1.807, 2.05) is 56.3 Å². The van der Waals surface area contributed by atoms with Crippen molar-refractivity contribution in [3.8, 4) is 11.5 Å². The largest absolute Gasteiger partial charge is 0.490 e. The smallest absolute Gasteiger partial charge is 0.167 e. The van der Waals surface area contributed by atoms with Gasteiger partial charge < -0.3 is 14.8 Å². The van der Waals surface area contributed by atoms with Gasteiger partial charge in [-0.15, -0.1) is 0 Å². The number of fused-ring (bicyclic) bond motifs is 1. The van der Waals surface area contributed by atoms with Crippen molar-refractivity contribution >= 4 is 11.5 Å². The van der Waals surface area contributed by atoms with Gasteiger partial charge in [-0.3, -0.25) is 4.79 Å². The SMILES string of the molecule is CCOc1ccc(C2CC(=O)c3ccccc3N2)cc1OCC. The first kappa shape index (κ1) is 15.4. The molecule has 0 aliphatic carbocycles. The van der Waals surface area contributed by atoms with Crippen LogP contribution >= 0.6 is 0 Å². The number of rotatable bonds is 5. The zero-order chi connectivity index (χ0) is 16.2. The average molecular weight is 311 g/mol. The molecule has 1 unspecified atom stereocenters. The van der Waals surface area contributed by atoms with Crippen molar-refractivity contribution in [2.75, 3.05) is 18.5 Å². The van der Waals surface area contributed by atoms with Crippen molar-refractivity contribution in [2.24, 2.45) is 0 Å². The molecule has 4 nitrogen and oxygen atoms in total. The lowest BCUT2D eigenvalue weighted by atomic mass is 9.92. The lowest BCUT2D eigenvalue weighted by molar-refractivity contribution is 0.0972. The zero-order valence-corrected chi connectivity index (χ0v) is 13.5. The quantitative estimate of drug-likeness (QED) is 0.898. The van der Waals surface area contributed by atoms with Crippen LogP contribution in [0.3, 0.4) is 0 Å². The number of Topliss-reactive ketones (excluding diaryl/α,β-unsaturated/α-hetero) is 1. The highest BCUT2D eigenvalue weighted by atomic mass is 16.5. The molecule has 0 spiro atoms. The van der Waals surface area contributed by atoms with E-state index in [2.05, 4.69) is 5.32 Å². The van der Waals surface area contributed by atoms with Gasteiger partial charge in [0, 0.05) is 17.7 Å². The van der Waals surface area contributed by atoms with Crippen LogP contribution in [0.2, 0.25) is 0 Å². The van der Waals surface area contributed by atoms with Crippen molar-refractivity contribution in [3.05, 3.63) is 53.6 Å². The van der Waals surface area contributed by atoms with Crippen LogP contribution in [0.4, 0.5) is 5.69 Å². The van der Waals surface area contributed by atoms with E-state index in [0.29, 0.717) is 19.6 Å². The molecule has 2 aromatic carbocycles. The highest BCUT2D eigenvalue weighted by Crippen LogP contribution is 2.36. The van der Waals surface area contributed by atoms with Crippen molar-refractivity contribution in [2.45, 2.75) is 26.3 Å². The maximum atomic E-state index is 12.4. The molecule has 0 aromatic heterocycles. The molecule has 0 saturated heterocycles. The summed E-state index contributed by atoms with van der Waals surface area (Å²) in [5.41, 5.74) is 2.68. The van der Waals surface area contributed by atoms with Gasteiger partial charge in [0.15, 0.2) is 17.3 Å². The van der Waals surface area contributed by atoms with Gasteiger partial charge in [-0.25, -0.2) is 0 Å². The molecule has 120 valence electrons. The lowest BCUT2D eigenvalue weighted by Gasteiger charge is -2.27. The van der Waals surface area contributed by atoms with Crippen LogP contribution < -0.4 is 14.8 Å². The van der Waals surface area contributed by atoms with Crippen molar-refractivity contribution in [1.82, 2.24) is 0 Å². The van der Waals surface area contributed by atoms with Gasteiger partial charge in [0.1, 0.15) is 0 Å². The number of ether oxygens (including phenoxy) is 2. The highest BCUT2D eigenvalue weighted by molar-refractivity contribution is 6.03. The molecular formula is C19H21NO3. The van der Waals surface area contributed by atoms with Crippen LogP contribution in [0.25, 0.3) is 0 Å². The maximum absolute atomic E-state index is 12.4. The summed E-state index contributed by atoms with van der Waals surface area (Å²) >= 11 is 0. The van der Waals surface area contributed by atoms with Crippen LogP contribution in [0.1, 0.15) is 42.2 Å². The molecule has 1 N–H and O–H groups in total. The number of hydrogen-bond donors (Lipinski definition) is 1. The Kier molecular flexibility index (Phi) is 4.51. The van der Waals surface area contributed by atoms with Gasteiger partial charge in [-0.1, -0.05) is 18.2 Å². The third-order valence-electron chi connectivity index (χ3n) is 3.92. The van der Waals surface area contributed by atoms with Gasteiger partial charge in [-0.05, 0) is 43.7 Å². The summed E-state index contributed by atoms with van der Waals surface area (Å²) in [4.78, 5) is 12.4. The Bertz CT molecular complexity index is 712. The Hall–Kier alpha value is -2.49. The number of para-hydroxylation sites is 1. The van der Waals surface area contributed by atoms with Crippen LogP contribution in [0, 0.1) is 0 Å². The number of hydrogen-bond acceptors (Lipinski definition) is 4. The minimum absolute atomic E-state index is 0.0488. The van der Waals surface area contributed by atoms with E-state index in [9.17, 15) is 4.79 Å². The Morgan fingerprint density at radius 1 is 1.04 bits per heavy atom. The van der Waals surface area contributed by atoms with Gasteiger partial charge >= 0.3 is 0 Å². The second-order valence-corrected chi connectivity index (χ2v) is 5.44. The molecule has 0 saturated carbocycles. The summed E-state index contributed by atoms with van der Waals surface area (Å²) < 4.78 is 11.3. The van der Waals surface area contributed by atoms with Gasteiger partial charge in [0.05, 0.1) is 19.3 Å². The van der Waals surface area contributed by atoms with Gasteiger partial charge in [-0.2, -0.15) is 0 Å². The number of anilines is 1. The molecule has 4 heteroatoms. The normalized spacial score (nSPS) is 16.4. The van der Waals surface area contributed by atoms with Crippen LogP contribution in [0.5, 0.6) is 11.5 Å². The first-order valence-electron chi connectivity index (χ1n) is 8.01. The Morgan fingerprint density at radius 2 is 1.78 bits per heavy atom. The number of benzene rings is 2. The molecule has 23 heavy (non-hydrogen) atoms. The fourth-order valence-electron chi connectivity index (χ4n) is 2.87. The molecule has 1 atom stereocenters. The number of carbonyl (C=O) groups excluding carboxylic acids is 1. The van der Waals surface area contributed by atoms with Crippen molar-refractivity contribution in [3.63, 3.8) is 0 Å². The van der Waals surface area contributed by atoms with E-state index in [1.165, 1.54) is 0 Å². The Labute approximate surface area is 136 Å². The molecule has 2 aromatic rings. The summed E-state index contributed by atoms with van der Waals surface area (Å²) in [6, 6.07) is 13.5. The standard InChI is InChI=1S/C19H21NO3/c1-3-22-18-10-9-13(11-19(18)23-4-2)16-12-17(21)14-7-5-6-8-15(14)20-16/h5-11,16,20H,3-4,12H2,1-2H3. The predicted molar refractivity (Wildman–Crippen MR) is 90.5 cm³/mol. The average Bonchev–Trinajstić information content (AvgIpc) is 2.57. The number of ketones is 1. The van der Waals surface area contributed by atoms with E-state index >= 15 is 0 Å². The highest BCUT2D eigenvalue weighted by Gasteiger charge is 2.25. The minimum atomic E-state index is -0.0488. The molecule has 0 amide bonds. The maximum Gasteiger partial charge on any atom is 0.167 e. The Balaban J connectivity index is 1.90. The monoisotopic (exact) mass is 311 g/mol. The number of carbonyl (C=O) groups is 1. The molecule has 0 fully saturated rings. The minimum Gasteiger partial charge on any atom is -0.490 e. The first-order valence-corrected chi connectivity index (χ1v) is 8.01. The molecule has 1 heterocycles. The zero-order valence-electron chi connectivity index (χ0n) is 13.5. The number of nitrogens with one attached hydrogen (secondary N) is 1. The lowest BCUT2D eigenvalue weighted by Crippen LogP contribution is -2.22. The summed E-state index contributed by atoms with van der Waals surface area (Å²) in [7, 11) is 0. The third-order valence-corrected chi connectivity index (χ3v) is 3.92. The molecule has 0 radical (unpaired) electrons. The molecule has 1 aliphatic rings. The third kappa shape index (κ3) is 3.16. The van der Waals surface area contributed by atoms with E-state index in [-0.39, 0.29) is 11.8 Å². The van der Waals surface area contributed by atoms with Gasteiger partial charge in [0.25, 0.3) is 0 Å². The molecule has 1 aliphatic heterocycles. The van der Waals surface area contributed by atoms with Crippen LogP contribution in [-0.4, -0.2) is 19.0 Å². The van der Waals surface area contributed by atoms with Crippen molar-refractivity contribution in [1.29, 1.82) is 0 Å². The first-order chi connectivity index (χ1) is 11.2. The second kappa shape index (κ2) is 6.73. The fourth-order valence-corrected chi connectivity index (χ4v) is 2.87. The fraction of sp³-hybridized carbons (Fsp3) is 0.316. The Morgan fingerprint density at radius 3 is 2.57 bits per heavy atom. The summed E-state index contributed by atoms with van der Waals surface area (Å²) in [5.74, 6) is 1.62. The van der Waals surface area contributed by atoms with E-state index < -0.39 is 0 Å². The van der Waals surface area contributed by atoms with E-state index in [4.69, 9.17) is 9.47 Å². The van der Waals surface area contributed by atoms with Gasteiger partial charge in [0.2, 0.25) is 0 Å². The van der Waals surface area contributed by atoms with Crippen molar-refractivity contribution < 1.29 is 14.3 Å². The summed E-state index contributed by atoms with van der Waals surface area (Å²) in [5, 5.41) is 3.45. The topological polar surface area (TPSA) is 47.6 Å². The molecule has 3 rings (SSSR count). The predicted octanol–water partition coefficient (Wildman–Crippen LogP) is 4.22. The second-order valence-electron chi connectivity index (χ2n) is 5.44. The summed E-state index contributed by atoms with van der Waals surface area (Å²) in [6.45, 7) is 5.05. The van der Waals surface area contributed by atoms with E-state index in [1.54, 1.807) is 0 Å². The molecule has 0 bridgehead atoms. The van der Waals surface area contributed by atoms with Crippen LogP contribution in [-0.2, 0) is 0 Å². The molecular weight excluding hydrogens is 290 g/mol. The van der Waals surface area contributed by atoms with Crippen LogP contribution in [0.15, 0.2) is 42.5 Å². The summed E-state index contributed by atoms with van der Waals surface area (Å²) in [6.07, 6.45) is 0.441.